The van der Waals surface area contributed by atoms with Gasteiger partial charge in [0.1, 0.15) is 0 Å². The number of halogens is 1. The fraction of sp³-hybridized carbons (Fsp3) is 0.467. The highest BCUT2D eigenvalue weighted by molar-refractivity contribution is 7.80. The van der Waals surface area contributed by atoms with Crippen molar-refractivity contribution < 1.29 is 4.79 Å². The predicted octanol–water partition coefficient (Wildman–Crippen LogP) is 3.62. The van der Waals surface area contributed by atoms with E-state index in [1.807, 2.05) is 0 Å². The topological polar surface area (TPSA) is 32.3 Å². The van der Waals surface area contributed by atoms with E-state index in [1.54, 1.807) is 24.3 Å². The summed E-state index contributed by atoms with van der Waals surface area (Å²) in [4.78, 5) is 14.3. The van der Waals surface area contributed by atoms with Gasteiger partial charge < -0.3 is 4.90 Å². The van der Waals surface area contributed by atoms with Gasteiger partial charge in [0, 0.05) is 23.2 Å². The third-order valence-corrected chi connectivity index (χ3v) is 4.27. The molecule has 5 heteroatoms. The third kappa shape index (κ3) is 3.70. The number of thiocarbonyl (C=S) groups is 1. The number of piperidine rings is 1. The molecule has 1 aromatic carbocycles. The quantitative estimate of drug-likeness (QED) is 0.847. The van der Waals surface area contributed by atoms with Crippen LogP contribution in [0.15, 0.2) is 24.3 Å². The number of likely N-dealkylation sites (tertiary alicyclic amines) is 1. The molecular weight excluding hydrogens is 292 g/mol. The Morgan fingerprint density at radius 1 is 1.40 bits per heavy atom. The molecule has 1 atom stereocenters. The first-order valence-electron chi connectivity index (χ1n) is 6.99. The molecule has 1 amide bonds. The fourth-order valence-corrected chi connectivity index (χ4v) is 2.99. The van der Waals surface area contributed by atoms with Gasteiger partial charge in [-0.15, -0.1) is 0 Å². The summed E-state index contributed by atoms with van der Waals surface area (Å²) in [6, 6.07) is 7.26. The van der Waals surface area contributed by atoms with Crippen molar-refractivity contribution in [2.24, 2.45) is 0 Å². The van der Waals surface area contributed by atoms with Crippen LogP contribution in [0, 0.1) is 0 Å². The Kier molecular flexibility index (Phi) is 5.38. The molecule has 0 aromatic heterocycles. The second kappa shape index (κ2) is 7.04. The van der Waals surface area contributed by atoms with Crippen LogP contribution in [-0.2, 0) is 0 Å². The van der Waals surface area contributed by atoms with Gasteiger partial charge in [0.2, 0.25) is 0 Å². The van der Waals surface area contributed by atoms with Gasteiger partial charge in [-0.2, -0.15) is 0 Å². The second-order valence-electron chi connectivity index (χ2n) is 5.02. The average Bonchev–Trinajstić information content (AvgIpc) is 2.47. The first-order valence-corrected chi connectivity index (χ1v) is 7.78. The number of nitrogens with zero attached hydrogens (tertiary/aromatic N) is 1. The number of benzene rings is 1. The zero-order valence-corrected chi connectivity index (χ0v) is 13.1. The van der Waals surface area contributed by atoms with Crippen LogP contribution in [0.5, 0.6) is 0 Å². The van der Waals surface area contributed by atoms with Crippen LogP contribution in [0.3, 0.4) is 0 Å². The molecule has 0 unspecified atom stereocenters. The van der Waals surface area contributed by atoms with Crippen molar-refractivity contribution in [3.05, 3.63) is 34.9 Å². The molecule has 1 saturated heterocycles. The Morgan fingerprint density at radius 2 is 2.10 bits per heavy atom. The third-order valence-electron chi connectivity index (χ3n) is 3.69. The molecule has 0 radical (unpaired) electrons. The van der Waals surface area contributed by atoms with E-state index >= 15 is 0 Å². The minimum Gasteiger partial charge on any atom is -0.346 e. The smallest absolute Gasteiger partial charge is 0.257 e. The normalized spacial score (nSPS) is 18.7. The average molecular weight is 311 g/mol. The van der Waals surface area contributed by atoms with Crippen LogP contribution in [0.1, 0.15) is 43.0 Å². The van der Waals surface area contributed by atoms with E-state index in [2.05, 4.69) is 17.1 Å². The van der Waals surface area contributed by atoms with Crippen LogP contribution in [0.4, 0.5) is 0 Å². The standard InChI is InChI=1S/C15H19ClN2OS/c1-2-13-5-3-4-10-18(13)15(20)17-14(19)11-6-8-12(16)9-7-11/h6-9,13H,2-5,10H2,1H3,(H,17,19,20)/t13-/m1/s1. The lowest BCUT2D eigenvalue weighted by Crippen LogP contribution is -2.49. The van der Waals surface area contributed by atoms with E-state index in [4.69, 9.17) is 23.8 Å². The van der Waals surface area contributed by atoms with Crippen LogP contribution >= 0.6 is 23.8 Å². The van der Waals surface area contributed by atoms with E-state index in [9.17, 15) is 4.79 Å². The molecule has 0 bridgehead atoms. The summed E-state index contributed by atoms with van der Waals surface area (Å²) in [7, 11) is 0. The molecule has 1 heterocycles. The van der Waals surface area contributed by atoms with Crippen molar-refractivity contribution in [3.63, 3.8) is 0 Å². The van der Waals surface area contributed by atoms with E-state index in [0.717, 1.165) is 25.8 Å². The lowest BCUT2D eigenvalue weighted by atomic mass is 10.0. The molecule has 0 aliphatic carbocycles. The molecule has 108 valence electrons. The van der Waals surface area contributed by atoms with Gasteiger partial charge in [-0.3, -0.25) is 10.1 Å². The Labute approximate surface area is 130 Å². The summed E-state index contributed by atoms with van der Waals surface area (Å²) >= 11 is 11.2. The first kappa shape index (κ1) is 15.3. The maximum absolute atomic E-state index is 12.1. The second-order valence-corrected chi connectivity index (χ2v) is 5.84. The van der Waals surface area contributed by atoms with Gasteiger partial charge in [-0.1, -0.05) is 18.5 Å². The van der Waals surface area contributed by atoms with Crippen molar-refractivity contribution in [2.45, 2.75) is 38.6 Å². The predicted molar refractivity (Wildman–Crippen MR) is 86.2 cm³/mol. The highest BCUT2D eigenvalue weighted by Gasteiger charge is 2.24. The highest BCUT2D eigenvalue weighted by Crippen LogP contribution is 2.19. The van der Waals surface area contributed by atoms with Crippen LogP contribution in [-0.4, -0.2) is 28.5 Å². The van der Waals surface area contributed by atoms with Gasteiger partial charge in [0.25, 0.3) is 5.91 Å². The van der Waals surface area contributed by atoms with Gasteiger partial charge in [-0.25, -0.2) is 0 Å². The lowest BCUT2D eigenvalue weighted by molar-refractivity contribution is 0.0969. The molecule has 1 N–H and O–H groups in total. The number of nitrogens with one attached hydrogen (secondary N) is 1. The largest absolute Gasteiger partial charge is 0.346 e. The number of hydrogen-bond donors (Lipinski definition) is 1. The Bertz CT molecular complexity index is 489. The van der Waals surface area contributed by atoms with Crippen molar-refractivity contribution >= 4 is 34.8 Å². The van der Waals surface area contributed by atoms with Crippen LogP contribution < -0.4 is 5.32 Å². The van der Waals surface area contributed by atoms with E-state index < -0.39 is 0 Å². The molecule has 2 rings (SSSR count). The molecule has 0 spiro atoms. The van der Waals surface area contributed by atoms with Crippen molar-refractivity contribution in [2.75, 3.05) is 6.54 Å². The summed E-state index contributed by atoms with van der Waals surface area (Å²) in [5, 5.41) is 3.98. The maximum Gasteiger partial charge on any atom is 0.257 e. The van der Waals surface area contributed by atoms with E-state index in [1.165, 1.54) is 6.42 Å². The van der Waals surface area contributed by atoms with E-state index in [-0.39, 0.29) is 5.91 Å². The number of carbonyl (C=O) groups is 1. The lowest BCUT2D eigenvalue weighted by Gasteiger charge is -2.37. The summed E-state index contributed by atoms with van der Waals surface area (Å²) in [6.45, 7) is 3.09. The SMILES string of the molecule is CC[C@@H]1CCCCN1C(=S)NC(=O)c1ccc(Cl)cc1. The molecule has 1 fully saturated rings. The summed E-state index contributed by atoms with van der Waals surface area (Å²) < 4.78 is 0. The molecule has 1 aliphatic rings. The maximum atomic E-state index is 12.1. The highest BCUT2D eigenvalue weighted by atomic mass is 35.5. The first-order chi connectivity index (χ1) is 9.61. The molecule has 1 aliphatic heterocycles. The number of hydrogen-bond acceptors (Lipinski definition) is 2. The minimum atomic E-state index is -0.174. The molecule has 3 nitrogen and oxygen atoms in total. The Balaban J connectivity index is 1.99. The van der Waals surface area contributed by atoms with Crippen molar-refractivity contribution in [1.82, 2.24) is 10.2 Å². The zero-order valence-electron chi connectivity index (χ0n) is 11.6. The zero-order chi connectivity index (χ0) is 14.5. The summed E-state index contributed by atoms with van der Waals surface area (Å²) in [5.74, 6) is -0.174. The van der Waals surface area contributed by atoms with Crippen molar-refractivity contribution in [3.8, 4) is 0 Å². The number of carbonyl (C=O) groups excluding carboxylic acids is 1. The monoisotopic (exact) mass is 310 g/mol. The van der Waals surface area contributed by atoms with Crippen LogP contribution in [0.2, 0.25) is 5.02 Å². The van der Waals surface area contributed by atoms with E-state index in [0.29, 0.717) is 21.7 Å². The minimum absolute atomic E-state index is 0.174. The Morgan fingerprint density at radius 3 is 2.75 bits per heavy atom. The molecular formula is C15H19ClN2OS. The molecule has 1 aromatic rings. The van der Waals surface area contributed by atoms with Gasteiger partial charge in [0.15, 0.2) is 5.11 Å². The Hall–Kier alpha value is -1.13. The molecule has 0 saturated carbocycles. The fourth-order valence-electron chi connectivity index (χ4n) is 2.53. The summed E-state index contributed by atoms with van der Waals surface area (Å²) in [6.07, 6.45) is 4.57. The van der Waals surface area contributed by atoms with Gasteiger partial charge in [0.05, 0.1) is 0 Å². The van der Waals surface area contributed by atoms with Gasteiger partial charge >= 0.3 is 0 Å². The molecule has 20 heavy (non-hydrogen) atoms. The van der Waals surface area contributed by atoms with Gasteiger partial charge in [-0.05, 0) is 62.2 Å². The summed E-state index contributed by atoms with van der Waals surface area (Å²) in [5.41, 5.74) is 0.571. The van der Waals surface area contributed by atoms with Crippen molar-refractivity contribution in [1.29, 1.82) is 0 Å². The number of rotatable bonds is 2. The number of amides is 1. The van der Waals surface area contributed by atoms with Crippen LogP contribution in [0.25, 0.3) is 0 Å².